The van der Waals surface area contributed by atoms with Crippen LogP contribution in [0.25, 0.3) is 0 Å². The van der Waals surface area contributed by atoms with Crippen LogP contribution in [-0.4, -0.2) is 18.0 Å². The van der Waals surface area contributed by atoms with E-state index in [4.69, 9.17) is 4.74 Å². The molecule has 0 heterocycles. The zero-order valence-corrected chi connectivity index (χ0v) is 7.65. The average Bonchev–Trinajstić information content (AvgIpc) is 2.16. The molecular formula is C10H12O3. The predicted octanol–water partition coefficient (Wildman–Crippen LogP) is 1.32. The van der Waals surface area contributed by atoms with Crippen LogP contribution in [0, 0.1) is 0 Å². The summed E-state index contributed by atoms with van der Waals surface area (Å²) in [5, 5.41) is 9.41. The molecule has 0 aliphatic carbocycles. The number of hydrogen-bond acceptors (Lipinski definition) is 3. The topological polar surface area (TPSA) is 46.5 Å². The molecule has 0 bridgehead atoms. The molecule has 0 fully saturated rings. The molecule has 1 unspecified atom stereocenters. The van der Waals surface area contributed by atoms with Crippen molar-refractivity contribution in [1.29, 1.82) is 0 Å². The van der Waals surface area contributed by atoms with Gasteiger partial charge < -0.3 is 9.84 Å². The second-order valence-electron chi connectivity index (χ2n) is 2.79. The van der Waals surface area contributed by atoms with E-state index in [0.29, 0.717) is 11.3 Å². The highest BCUT2D eigenvalue weighted by atomic mass is 16.5. The zero-order chi connectivity index (χ0) is 9.84. The lowest BCUT2D eigenvalue weighted by Gasteiger charge is -2.08. The van der Waals surface area contributed by atoms with Gasteiger partial charge in [0.1, 0.15) is 11.9 Å². The normalized spacial score (nSPS) is 12.2. The zero-order valence-electron chi connectivity index (χ0n) is 7.65. The number of methoxy groups -OCH3 is 1. The van der Waals surface area contributed by atoms with E-state index < -0.39 is 6.10 Å². The van der Waals surface area contributed by atoms with Crippen LogP contribution < -0.4 is 4.74 Å². The Morgan fingerprint density at radius 1 is 1.54 bits per heavy atom. The fraction of sp³-hybridized carbons (Fsp3) is 0.300. The summed E-state index contributed by atoms with van der Waals surface area (Å²) >= 11 is 0. The molecule has 3 heteroatoms. The minimum Gasteiger partial charge on any atom is -0.497 e. The summed E-state index contributed by atoms with van der Waals surface area (Å²) in [6.07, 6.45) is -1.05. The van der Waals surface area contributed by atoms with Crippen LogP contribution in [0.1, 0.15) is 18.6 Å². The van der Waals surface area contributed by atoms with Crippen molar-refractivity contribution >= 4 is 5.78 Å². The van der Waals surface area contributed by atoms with Crippen LogP contribution in [-0.2, 0) is 4.79 Å². The molecule has 0 saturated heterocycles. The summed E-state index contributed by atoms with van der Waals surface area (Å²) in [6, 6.07) is 6.83. The van der Waals surface area contributed by atoms with Crippen molar-refractivity contribution in [3.63, 3.8) is 0 Å². The largest absolute Gasteiger partial charge is 0.497 e. The second-order valence-corrected chi connectivity index (χ2v) is 2.79. The smallest absolute Gasteiger partial charge is 0.162 e. The van der Waals surface area contributed by atoms with Crippen molar-refractivity contribution in [1.82, 2.24) is 0 Å². The maximum Gasteiger partial charge on any atom is 0.162 e. The van der Waals surface area contributed by atoms with Gasteiger partial charge in [0.15, 0.2) is 5.78 Å². The molecule has 1 N–H and O–H groups in total. The number of benzene rings is 1. The van der Waals surface area contributed by atoms with E-state index in [2.05, 4.69) is 0 Å². The SMILES string of the molecule is COc1cccc(C(O)C(C)=O)c1. The third kappa shape index (κ3) is 2.29. The summed E-state index contributed by atoms with van der Waals surface area (Å²) in [7, 11) is 1.54. The molecule has 1 rings (SSSR count). The maximum absolute atomic E-state index is 10.9. The van der Waals surface area contributed by atoms with Crippen molar-refractivity contribution in [2.45, 2.75) is 13.0 Å². The molecule has 1 aromatic rings. The highest BCUT2D eigenvalue weighted by molar-refractivity contribution is 5.81. The van der Waals surface area contributed by atoms with Gasteiger partial charge in [-0.15, -0.1) is 0 Å². The molecule has 13 heavy (non-hydrogen) atoms. The van der Waals surface area contributed by atoms with Crippen LogP contribution >= 0.6 is 0 Å². The lowest BCUT2D eigenvalue weighted by atomic mass is 10.1. The third-order valence-electron chi connectivity index (χ3n) is 1.79. The van der Waals surface area contributed by atoms with Gasteiger partial charge in [0.2, 0.25) is 0 Å². The summed E-state index contributed by atoms with van der Waals surface area (Å²) in [5.74, 6) is 0.367. The van der Waals surface area contributed by atoms with Crippen LogP contribution in [0.2, 0.25) is 0 Å². The Hall–Kier alpha value is -1.35. The van der Waals surface area contributed by atoms with E-state index in [1.165, 1.54) is 6.92 Å². The summed E-state index contributed by atoms with van der Waals surface area (Å²) in [6.45, 7) is 1.35. The average molecular weight is 180 g/mol. The Kier molecular flexibility index (Phi) is 3.03. The maximum atomic E-state index is 10.9. The molecule has 1 aromatic carbocycles. The first-order valence-corrected chi connectivity index (χ1v) is 3.97. The van der Waals surface area contributed by atoms with Crippen molar-refractivity contribution < 1.29 is 14.6 Å². The molecule has 0 aliphatic heterocycles. The van der Waals surface area contributed by atoms with E-state index in [0.717, 1.165) is 0 Å². The fourth-order valence-corrected chi connectivity index (χ4v) is 1.05. The van der Waals surface area contributed by atoms with Gasteiger partial charge in [0, 0.05) is 0 Å². The van der Waals surface area contributed by atoms with Gasteiger partial charge in [-0.25, -0.2) is 0 Å². The Labute approximate surface area is 77.0 Å². The number of aliphatic hydroxyl groups is 1. The van der Waals surface area contributed by atoms with Gasteiger partial charge in [0.05, 0.1) is 7.11 Å². The van der Waals surface area contributed by atoms with Crippen LogP contribution in [0.4, 0.5) is 0 Å². The highest BCUT2D eigenvalue weighted by Crippen LogP contribution is 2.19. The number of carbonyl (C=O) groups is 1. The molecule has 1 atom stereocenters. The van der Waals surface area contributed by atoms with E-state index >= 15 is 0 Å². The number of carbonyl (C=O) groups excluding carboxylic acids is 1. The van der Waals surface area contributed by atoms with Crippen LogP contribution in [0.15, 0.2) is 24.3 Å². The van der Waals surface area contributed by atoms with Crippen LogP contribution in [0.3, 0.4) is 0 Å². The molecule has 0 spiro atoms. The summed E-state index contributed by atoms with van der Waals surface area (Å²) < 4.78 is 4.96. The van der Waals surface area contributed by atoms with E-state index in [-0.39, 0.29) is 5.78 Å². The van der Waals surface area contributed by atoms with Crippen molar-refractivity contribution in [3.8, 4) is 5.75 Å². The molecular weight excluding hydrogens is 168 g/mol. The van der Waals surface area contributed by atoms with Gasteiger partial charge in [0.25, 0.3) is 0 Å². The first-order valence-electron chi connectivity index (χ1n) is 3.97. The number of ether oxygens (including phenoxy) is 1. The molecule has 0 radical (unpaired) electrons. The highest BCUT2D eigenvalue weighted by Gasteiger charge is 2.12. The van der Waals surface area contributed by atoms with Gasteiger partial charge in [-0.2, -0.15) is 0 Å². The van der Waals surface area contributed by atoms with Gasteiger partial charge in [-0.1, -0.05) is 12.1 Å². The van der Waals surface area contributed by atoms with E-state index in [9.17, 15) is 9.90 Å². The second kappa shape index (κ2) is 4.05. The number of hydrogen-bond donors (Lipinski definition) is 1. The van der Waals surface area contributed by atoms with Crippen LogP contribution in [0.5, 0.6) is 5.75 Å². The third-order valence-corrected chi connectivity index (χ3v) is 1.79. The number of aliphatic hydroxyl groups excluding tert-OH is 1. The quantitative estimate of drug-likeness (QED) is 0.763. The Bertz CT molecular complexity index is 307. The molecule has 0 amide bonds. The molecule has 0 saturated carbocycles. The molecule has 0 aromatic heterocycles. The minimum absolute atomic E-state index is 0.270. The van der Waals surface area contributed by atoms with E-state index in [1.807, 2.05) is 0 Å². The summed E-state index contributed by atoms with van der Waals surface area (Å²) in [5.41, 5.74) is 0.562. The van der Waals surface area contributed by atoms with Gasteiger partial charge in [-0.05, 0) is 24.6 Å². The Morgan fingerprint density at radius 3 is 2.77 bits per heavy atom. The van der Waals surface area contributed by atoms with Crippen molar-refractivity contribution in [3.05, 3.63) is 29.8 Å². The number of ketones is 1. The fourth-order valence-electron chi connectivity index (χ4n) is 1.05. The lowest BCUT2D eigenvalue weighted by Crippen LogP contribution is -2.07. The Morgan fingerprint density at radius 2 is 2.23 bits per heavy atom. The first-order chi connectivity index (χ1) is 6.15. The Balaban J connectivity index is 2.94. The monoisotopic (exact) mass is 180 g/mol. The first kappa shape index (κ1) is 9.74. The summed E-state index contributed by atoms with van der Waals surface area (Å²) in [4.78, 5) is 10.9. The van der Waals surface area contributed by atoms with Crippen molar-refractivity contribution in [2.24, 2.45) is 0 Å². The predicted molar refractivity (Wildman–Crippen MR) is 48.6 cm³/mol. The standard InChI is InChI=1S/C10H12O3/c1-7(11)10(12)8-4-3-5-9(6-8)13-2/h3-6,10,12H,1-2H3. The lowest BCUT2D eigenvalue weighted by molar-refractivity contribution is -0.125. The minimum atomic E-state index is -1.05. The number of rotatable bonds is 3. The van der Waals surface area contributed by atoms with Gasteiger partial charge in [-0.3, -0.25) is 4.79 Å². The number of Topliss-reactive ketones (excluding diaryl/α,β-unsaturated/α-hetero) is 1. The molecule has 3 nitrogen and oxygen atoms in total. The van der Waals surface area contributed by atoms with Gasteiger partial charge >= 0.3 is 0 Å². The molecule has 0 aliphatic rings. The molecule has 70 valence electrons. The van der Waals surface area contributed by atoms with E-state index in [1.54, 1.807) is 31.4 Å². The van der Waals surface area contributed by atoms with Crippen molar-refractivity contribution in [2.75, 3.05) is 7.11 Å².